The lowest BCUT2D eigenvalue weighted by Crippen LogP contribution is -2.54. The fourth-order valence-electron chi connectivity index (χ4n) is 3.30. The molecule has 1 fully saturated rings. The zero-order chi connectivity index (χ0) is 17.3. The number of carbonyl (C=O) groups excluding carboxylic acids is 1. The summed E-state index contributed by atoms with van der Waals surface area (Å²) in [4.78, 5) is 15.2. The van der Waals surface area contributed by atoms with E-state index in [0.29, 0.717) is 5.02 Å². The van der Waals surface area contributed by atoms with Gasteiger partial charge in [0.2, 0.25) is 5.91 Å². The molecule has 1 amide bonds. The van der Waals surface area contributed by atoms with E-state index in [4.69, 9.17) is 11.6 Å². The van der Waals surface area contributed by atoms with E-state index in [1.165, 1.54) is 0 Å². The van der Waals surface area contributed by atoms with Gasteiger partial charge in [0.05, 0.1) is 30.0 Å². The Morgan fingerprint density at radius 2 is 2.08 bits per heavy atom. The predicted octanol–water partition coefficient (Wildman–Crippen LogP) is 2.86. The molecule has 130 valence electrons. The van der Waals surface area contributed by atoms with Crippen LogP contribution in [-0.4, -0.2) is 43.0 Å². The predicted molar refractivity (Wildman–Crippen MR) is 92.9 cm³/mol. The minimum Gasteiger partial charge on any atom is -0.336 e. The summed E-state index contributed by atoms with van der Waals surface area (Å²) in [5.74, 6) is 0.0795. The van der Waals surface area contributed by atoms with Gasteiger partial charge in [-0.15, -0.1) is 0 Å². The number of carbonyl (C=O) groups is 1. The highest BCUT2D eigenvalue weighted by atomic mass is 35.5. The van der Waals surface area contributed by atoms with Gasteiger partial charge in [0.25, 0.3) is 0 Å². The van der Waals surface area contributed by atoms with Crippen LogP contribution < -0.4 is 0 Å². The topological polar surface area (TPSA) is 56.0 Å². The number of aromatic nitrogens is 4. The van der Waals surface area contributed by atoms with E-state index < -0.39 is 5.54 Å². The molecule has 6 nitrogen and oxygen atoms in total. The maximum Gasteiger partial charge on any atom is 0.250 e. The van der Waals surface area contributed by atoms with Gasteiger partial charge in [-0.1, -0.05) is 11.6 Å². The van der Waals surface area contributed by atoms with Crippen molar-refractivity contribution in [1.82, 2.24) is 24.5 Å². The Morgan fingerprint density at radius 1 is 1.29 bits per heavy atom. The van der Waals surface area contributed by atoms with Crippen LogP contribution in [0.1, 0.15) is 38.7 Å². The van der Waals surface area contributed by atoms with E-state index >= 15 is 0 Å². The number of aryl methyl sites for hydroxylation is 1. The van der Waals surface area contributed by atoms with Crippen molar-refractivity contribution in [2.45, 2.75) is 58.2 Å². The molecule has 0 aromatic carbocycles. The quantitative estimate of drug-likeness (QED) is 0.852. The summed E-state index contributed by atoms with van der Waals surface area (Å²) in [5, 5.41) is 9.15. The van der Waals surface area contributed by atoms with Crippen molar-refractivity contribution < 1.29 is 4.79 Å². The van der Waals surface area contributed by atoms with E-state index in [9.17, 15) is 4.79 Å². The molecule has 0 saturated carbocycles. The molecule has 3 rings (SSSR count). The molecule has 1 unspecified atom stereocenters. The Bertz CT molecular complexity index is 720. The first kappa shape index (κ1) is 17.0. The fourth-order valence-corrected chi connectivity index (χ4v) is 3.43. The Labute approximate surface area is 147 Å². The Balaban J connectivity index is 1.80. The molecule has 0 bridgehead atoms. The molecular weight excluding hydrogens is 326 g/mol. The third kappa shape index (κ3) is 3.34. The van der Waals surface area contributed by atoms with Crippen molar-refractivity contribution in [1.29, 1.82) is 0 Å². The largest absolute Gasteiger partial charge is 0.336 e. The first-order valence-corrected chi connectivity index (χ1v) is 8.76. The average molecular weight is 350 g/mol. The van der Waals surface area contributed by atoms with Gasteiger partial charge in [-0.2, -0.15) is 10.2 Å². The van der Waals surface area contributed by atoms with Gasteiger partial charge >= 0.3 is 0 Å². The third-order valence-electron chi connectivity index (χ3n) is 4.70. The number of hydrogen-bond donors (Lipinski definition) is 0. The second-order valence-corrected chi connectivity index (χ2v) is 7.49. The van der Waals surface area contributed by atoms with E-state index in [2.05, 4.69) is 10.2 Å². The molecule has 1 saturated heterocycles. The molecule has 1 aliphatic rings. The highest BCUT2D eigenvalue weighted by molar-refractivity contribution is 6.30. The maximum atomic E-state index is 13.2. The minimum absolute atomic E-state index is 0.0795. The number of amides is 1. The summed E-state index contributed by atoms with van der Waals surface area (Å²) in [7, 11) is 0. The molecule has 0 spiro atoms. The summed E-state index contributed by atoms with van der Waals surface area (Å²) in [6.45, 7) is 7.32. The molecule has 0 aliphatic carbocycles. The van der Waals surface area contributed by atoms with Crippen LogP contribution in [0.25, 0.3) is 0 Å². The first-order valence-electron chi connectivity index (χ1n) is 8.38. The van der Waals surface area contributed by atoms with Gasteiger partial charge in [-0.05, 0) is 45.6 Å². The number of nitrogens with zero attached hydrogens (tertiary/aromatic N) is 5. The standard InChI is InChI=1S/C17H24ClN5O/c1-13-8-19-21(10-13)12-15-6-4-5-7-22(15)16(24)17(2,3)23-11-14(18)9-20-23/h8-11,15H,4-7,12H2,1-3H3. The molecule has 0 radical (unpaired) electrons. The van der Waals surface area contributed by atoms with E-state index in [1.807, 2.05) is 42.7 Å². The number of rotatable bonds is 4. The zero-order valence-corrected chi connectivity index (χ0v) is 15.2. The van der Waals surface area contributed by atoms with Crippen LogP contribution in [0, 0.1) is 6.92 Å². The van der Waals surface area contributed by atoms with Gasteiger partial charge in [0.15, 0.2) is 0 Å². The van der Waals surface area contributed by atoms with Gasteiger partial charge in [0, 0.05) is 18.9 Å². The van der Waals surface area contributed by atoms with Crippen LogP contribution in [-0.2, 0) is 16.9 Å². The lowest BCUT2D eigenvalue weighted by atomic mass is 9.96. The monoisotopic (exact) mass is 349 g/mol. The maximum absolute atomic E-state index is 13.2. The Morgan fingerprint density at radius 3 is 2.71 bits per heavy atom. The molecule has 24 heavy (non-hydrogen) atoms. The second kappa shape index (κ2) is 6.59. The van der Waals surface area contributed by atoms with Gasteiger partial charge in [-0.25, -0.2) is 0 Å². The molecular formula is C17H24ClN5O. The van der Waals surface area contributed by atoms with Crippen molar-refractivity contribution in [3.05, 3.63) is 35.4 Å². The van der Waals surface area contributed by atoms with Crippen molar-refractivity contribution in [2.24, 2.45) is 0 Å². The minimum atomic E-state index is -0.761. The summed E-state index contributed by atoms with van der Waals surface area (Å²) in [6, 6.07) is 0.163. The van der Waals surface area contributed by atoms with Crippen LogP contribution in [0.4, 0.5) is 0 Å². The summed E-state index contributed by atoms with van der Waals surface area (Å²) in [5.41, 5.74) is 0.373. The lowest BCUT2D eigenvalue weighted by Gasteiger charge is -2.40. The third-order valence-corrected chi connectivity index (χ3v) is 4.89. The number of likely N-dealkylation sites (tertiary alicyclic amines) is 1. The summed E-state index contributed by atoms with van der Waals surface area (Å²) in [6.07, 6.45) is 10.3. The smallest absolute Gasteiger partial charge is 0.250 e. The molecule has 2 aromatic rings. The van der Waals surface area contributed by atoms with Crippen molar-refractivity contribution in [3.8, 4) is 0 Å². The van der Waals surface area contributed by atoms with Crippen LogP contribution >= 0.6 is 11.6 Å². The SMILES string of the molecule is Cc1cnn(CC2CCCCN2C(=O)C(C)(C)n2cc(Cl)cn2)c1. The lowest BCUT2D eigenvalue weighted by molar-refractivity contribution is -0.144. The highest BCUT2D eigenvalue weighted by Crippen LogP contribution is 2.26. The molecule has 0 N–H and O–H groups in total. The van der Waals surface area contributed by atoms with Crippen LogP contribution in [0.2, 0.25) is 5.02 Å². The second-order valence-electron chi connectivity index (χ2n) is 7.05. The number of halogens is 1. The molecule has 2 aromatic heterocycles. The highest BCUT2D eigenvalue weighted by Gasteiger charge is 2.38. The number of hydrogen-bond acceptors (Lipinski definition) is 3. The van der Waals surface area contributed by atoms with Crippen LogP contribution in [0.5, 0.6) is 0 Å². The van der Waals surface area contributed by atoms with E-state index in [1.54, 1.807) is 17.1 Å². The van der Waals surface area contributed by atoms with Crippen molar-refractivity contribution >= 4 is 17.5 Å². The molecule has 7 heteroatoms. The van der Waals surface area contributed by atoms with Crippen molar-refractivity contribution in [3.63, 3.8) is 0 Å². The molecule has 3 heterocycles. The van der Waals surface area contributed by atoms with Crippen LogP contribution in [0.3, 0.4) is 0 Å². The van der Waals surface area contributed by atoms with Gasteiger partial charge < -0.3 is 4.90 Å². The van der Waals surface area contributed by atoms with Gasteiger partial charge in [0.1, 0.15) is 5.54 Å². The first-order chi connectivity index (χ1) is 11.4. The zero-order valence-electron chi connectivity index (χ0n) is 14.4. The Kier molecular flexibility index (Phi) is 4.67. The summed E-state index contributed by atoms with van der Waals surface area (Å²) >= 11 is 5.98. The van der Waals surface area contributed by atoms with Crippen LogP contribution in [0.15, 0.2) is 24.8 Å². The van der Waals surface area contributed by atoms with Gasteiger partial charge in [-0.3, -0.25) is 14.2 Å². The molecule has 1 atom stereocenters. The Hall–Kier alpha value is -1.82. The van der Waals surface area contributed by atoms with E-state index in [0.717, 1.165) is 37.9 Å². The fraction of sp³-hybridized carbons (Fsp3) is 0.588. The average Bonchev–Trinajstić information content (AvgIpc) is 3.16. The van der Waals surface area contributed by atoms with E-state index in [-0.39, 0.29) is 11.9 Å². The normalized spacial score (nSPS) is 18.8. The number of piperidine rings is 1. The summed E-state index contributed by atoms with van der Waals surface area (Å²) < 4.78 is 3.59. The van der Waals surface area contributed by atoms with Crippen molar-refractivity contribution in [2.75, 3.05) is 6.54 Å². The molecule has 1 aliphatic heterocycles.